The zero-order valence-electron chi connectivity index (χ0n) is 11.5. The topological polar surface area (TPSA) is 69.0 Å². The fourth-order valence-electron chi connectivity index (χ4n) is 1.76. The molecule has 0 aliphatic heterocycles. The monoisotopic (exact) mass is 270 g/mol. The predicted octanol–water partition coefficient (Wildman–Crippen LogP) is 1.29. The van der Waals surface area contributed by atoms with Gasteiger partial charge in [0.05, 0.1) is 19.0 Å². The number of hydrogen-bond acceptors (Lipinski definition) is 6. The van der Waals surface area contributed by atoms with E-state index >= 15 is 0 Å². The maximum absolute atomic E-state index is 5.13. The van der Waals surface area contributed by atoms with Gasteiger partial charge in [-0.2, -0.15) is 4.98 Å². The summed E-state index contributed by atoms with van der Waals surface area (Å²) in [5.41, 5.74) is 2.07. The van der Waals surface area contributed by atoms with Crippen LogP contribution in [0.2, 0.25) is 0 Å². The number of anilines is 1. The Morgan fingerprint density at radius 1 is 1.10 bits per heavy atom. The van der Waals surface area contributed by atoms with E-state index in [4.69, 9.17) is 4.74 Å². The number of aromatic nitrogens is 5. The molecule has 0 fully saturated rings. The summed E-state index contributed by atoms with van der Waals surface area (Å²) >= 11 is 0. The standard InChI is InChI=1S/C13H14N6O/c1-18(2)13-14-8-11-12(15-13)17-19(16-11)9-4-6-10(20-3)7-5-9/h4-8H,1-3H3. The van der Waals surface area contributed by atoms with Crippen molar-refractivity contribution in [1.82, 2.24) is 25.0 Å². The molecule has 0 aliphatic rings. The highest BCUT2D eigenvalue weighted by atomic mass is 16.5. The molecule has 0 radical (unpaired) electrons. The molecule has 0 unspecified atom stereocenters. The Balaban J connectivity index is 2.03. The van der Waals surface area contributed by atoms with E-state index in [2.05, 4.69) is 20.2 Å². The van der Waals surface area contributed by atoms with Crippen molar-refractivity contribution in [3.8, 4) is 11.4 Å². The van der Waals surface area contributed by atoms with Gasteiger partial charge >= 0.3 is 0 Å². The molecule has 0 atom stereocenters. The molecule has 3 rings (SSSR count). The van der Waals surface area contributed by atoms with Crippen LogP contribution in [0.25, 0.3) is 16.9 Å². The van der Waals surface area contributed by atoms with Gasteiger partial charge in [-0.1, -0.05) is 0 Å². The first kappa shape index (κ1) is 12.3. The third-order valence-electron chi connectivity index (χ3n) is 2.83. The molecular weight excluding hydrogens is 256 g/mol. The first-order valence-corrected chi connectivity index (χ1v) is 6.09. The highest BCUT2D eigenvalue weighted by molar-refractivity contribution is 5.69. The number of methoxy groups -OCH3 is 1. The molecule has 1 aromatic carbocycles. The van der Waals surface area contributed by atoms with Crippen LogP contribution in [0.15, 0.2) is 30.5 Å². The summed E-state index contributed by atoms with van der Waals surface area (Å²) in [6, 6.07) is 7.50. The van der Waals surface area contributed by atoms with Gasteiger partial charge in [0.15, 0.2) is 5.52 Å². The average molecular weight is 270 g/mol. The predicted molar refractivity (Wildman–Crippen MR) is 75.3 cm³/mol. The van der Waals surface area contributed by atoms with E-state index in [1.807, 2.05) is 43.3 Å². The number of nitrogens with zero attached hydrogens (tertiary/aromatic N) is 6. The molecule has 0 saturated heterocycles. The van der Waals surface area contributed by atoms with Crippen LogP contribution in [0.4, 0.5) is 5.95 Å². The third kappa shape index (κ3) is 2.13. The SMILES string of the molecule is COc1ccc(-n2nc3cnc(N(C)C)nc3n2)cc1. The van der Waals surface area contributed by atoms with Crippen molar-refractivity contribution >= 4 is 17.1 Å². The second-order valence-electron chi connectivity index (χ2n) is 4.46. The summed E-state index contributed by atoms with van der Waals surface area (Å²) in [7, 11) is 5.40. The lowest BCUT2D eigenvalue weighted by Gasteiger charge is -2.07. The molecule has 0 amide bonds. The molecule has 3 aromatic rings. The zero-order valence-corrected chi connectivity index (χ0v) is 11.5. The fraction of sp³-hybridized carbons (Fsp3) is 0.231. The largest absolute Gasteiger partial charge is 0.497 e. The van der Waals surface area contributed by atoms with E-state index in [1.165, 1.54) is 4.80 Å². The minimum atomic E-state index is 0.569. The second-order valence-corrected chi connectivity index (χ2v) is 4.46. The summed E-state index contributed by atoms with van der Waals surface area (Å²) in [4.78, 5) is 11.9. The van der Waals surface area contributed by atoms with E-state index in [1.54, 1.807) is 13.3 Å². The third-order valence-corrected chi connectivity index (χ3v) is 2.83. The molecule has 0 spiro atoms. The molecule has 2 heterocycles. The summed E-state index contributed by atoms with van der Waals surface area (Å²) in [6.07, 6.45) is 1.67. The molecule has 2 aromatic heterocycles. The highest BCUT2D eigenvalue weighted by Crippen LogP contribution is 2.16. The van der Waals surface area contributed by atoms with Gasteiger partial charge in [-0.3, -0.25) is 0 Å². The zero-order chi connectivity index (χ0) is 14.1. The number of benzene rings is 1. The Morgan fingerprint density at radius 3 is 2.50 bits per heavy atom. The van der Waals surface area contributed by atoms with Crippen LogP contribution >= 0.6 is 0 Å². The van der Waals surface area contributed by atoms with Gasteiger partial charge in [-0.15, -0.1) is 15.0 Å². The minimum Gasteiger partial charge on any atom is -0.497 e. The van der Waals surface area contributed by atoms with Crippen LogP contribution in [0.5, 0.6) is 5.75 Å². The molecule has 0 bridgehead atoms. The Kier molecular flexibility index (Phi) is 2.94. The molecule has 7 nitrogen and oxygen atoms in total. The molecular formula is C13H14N6O. The molecule has 0 N–H and O–H groups in total. The Hall–Kier alpha value is -2.70. The number of rotatable bonds is 3. The molecule has 102 valence electrons. The lowest BCUT2D eigenvalue weighted by Crippen LogP contribution is -2.12. The van der Waals surface area contributed by atoms with E-state index in [9.17, 15) is 0 Å². The summed E-state index contributed by atoms with van der Waals surface area (Å²) < 4.78 is 5.13. The normalized spacial score (nSPS) is 10.8. The second kappa shape index (κ2) is 4.76. The average Bonchev–Trinajstić information content (AvgIpc) is 2.90. The summed E-state index contributed by atoms with van der Waals surface area (Å²) in [5.74, 6) is 1.40. The van der Waals surface area contributed by atoms with E-state index in [-0.39, 0.29) is 0 Å². The van der Waals surface area contributed by atoms with Crippen molar-refractivity contribution in [2.24, 2.45) is 0 Å². The molecule has 0 aliphatic carbocycles. The van der Waals surface area contributed by atoms with Crippen LogP contribution in [0, 0.1) is 0 Å². The maximum atomic E-state index is 5.13. The first-order chi connectivity index (χ1) is 9.67. The van der Waals surface area contributed by atoms with Crippen LogP contribution in [0.1, 0.15) is 0 Å². The number of hydrogen-bond donors (Lipinski definition) is 0. The van der Waals surface area contributed by atoms with Crippen molar-refractivity contribution in [2.45, 2.75) is 0 Å². The minimum absolute atomic E-state index is 0.569. The molecule has 0 saturated carbocycles. The van der Waals surface area contributed by atoms with Gasteiger partial charge in [-0.25, -0.2) is 4.98 Å². The van der Waals surface area contributed by atoms with Crippen molar-refractivity contribution < 1.29 is 4.74 Å². The van der Waals surface area contributed by atoms with Crippen LogP contribution in [-0.4, -0.2) is 46.2 Å². The Morgan fingerprint density at radius 2 is 1.85 bits per heavy atom. The van der Waals surface area contributed by atoms with Crippen LogP contribution in [0.3, 0.4) is 0 Å². The van der Waals surface area contributed by atoms with Gasteiger partial charge in [0.25, 0.3) is 0 Å². The highest BCUT2D eigenvalue weighted by Gasteiger charge is 2.08. The number of ether oxygens (including phenoxy) is 1. The molecule has 7 heteroatoms. The fourth-order valence-corrected chi connectivity index (χ4v) is 1.76. The van der Waals surface area contributed by atoms with Crippen molar-refractivity contribution in [1.29, 1.82) is 0 Å². The lowest BCUT2D eigenvalue weighted by molar-refractivity contribution is 0.414. The summed E-state index contributed by atoms with van der Waals surface area (Å²) in [5, 5.41) is 8.73. The van der Waals surface area contributed by atoms with Gasteiger partial charge in [0.1, 0.15) is 5.75 Å². The van der Waals surface area contributed by atoms with E-state index < -0.39 is 0 Å². The van der Waals surface area contributed by atoms with Gasteiger partial charge in [0.2, 0.25) is 11.6 Å². The molecule has 20 heavy (non-hydrogen) atoms. The lowest BCUT2D eigenvalue weighted by atomic mass is 10.3. The quantitative estimate of drug-likeness (QED) is 0.714. The Labute approximate surface area is 115 Å². The van der Waals surface area contributed by atoms with Gasteiger partial charge in [-0.05, 0) is 24.3 Å². The van der Waals surface area contributed by atoms with Gasteiger partial charge in [0, 0.05) is 14.1 Å². The van der Waals surface area contributed by atoms with Crippen LogP contribution < -0.4 is 9.64 Å². The maximum Gasteiger partial charge on any atom is 0.227 e. The van der Waals surface area contributed by atoms with Crippen molar-refractivity contribution in [3.63, 3.8) is 0 Å². The van der Waals surface area contributed by atoms with Crippen LogP contribution in [-0.2, 0) is 0 Å². The van der Waals surface area contributed by atoms with E-state index in [0.717, 1.165) is 11.4 Å². The summed E-state index contributed by atoms with van der Waals surface area (Å²) in [6.45, 7) is 0. The first-order valence-electron chi connectivity index (χ1n) is 6.09. The smallest absolute Gasteiger partial charge is 0.227 e. The Bertz CT molecular complexity index is 734. The number of fused-ring (bicyclic) bond motifs is 1. The van der Waals surface area contributed by atoms with Crippen molar-refractivity contribution in [2.75, 3.05) is 26.1 Å². The van der Waals surface area contributed by atoms with Gasteiger partial charge < -0.3 is 9.64 Å². The van der Waals surface area contributed by atoms with E-state index in [0.29, 0.717) is 17.1 Å². The van der Waals surface area contributed by atoms with Crippen molar-refractivity contribution in [3.05, 3.63) is 30.5 Å².